The maximum Gasteiger partial charge on any atom is 0.244 e. The standard InChI is InChI=1S/C27H37N3O6S/c1-6-23(27(32)28-16-19(2)3)29(17-21-10-8-7-9-20(21)4)26(31)18-30(37(5,33)34)22-11-12-24-25(15-22)36-14-13-35-24/h7-12,15,19,23H,6,13-14,16-18H2,1-5H3,(H,28,32). The molecule has 0 fully saturated rings. The summed E-state index contributed by atoms with van der Waals surface area (Å²) in [6, 6.07) is 11.6. The van der Waals surface area contributed by atoms with Gasteiger partial charge in [-0.25, -0.2) is 8.42 Å². The van der Waals surface area contributed by atoms with E-state index in [9.17, 15) is 18.0 Å². The van der Waals surface area contributed by atoms with Gasteiger partial charge in [-0.15, -0.1) is 0 Å². The normalized spacial score (nSPS) is 13.7. The molecule has 37 heavy (non-hydrogen) atoms. The number of rotatable bonds is 11. The molecule has 0 saturated carbocycles. The van der Waals surface area contributed by atoms with E-state index in [4.69, 9.17) is 9.47 Å². The molecule has 0 aliphatic carbocycles. The van der Waals surface area contributed by atoms with Crippen LogP contribution in [0.4, 0.5) is 5.69 Å². The Labute approximate surface area is 219 Å². The van der Waals surface area contributed by atoms with Crippen LogP contribution in [0.2, 0.25) is 0 Å². The van der Waals surface area contributed by atoms with E-state index in [0.29, 0.717) is 37.7 Å². The molecule has 1 heterocycles. The number of carbonyl (C=O) groups excluding carboxylic acids is 2. The third kappa shape index (κ3) is 7.38. The van der Waals surface area contributed by atoms with Crippen LogP contribution in [0.5, 0.6) is 11.5 Å². The van der Waals surface area contributed by atoms with Crippen LogP contribution < -0.4 is 19.1 Å². The van der Waals surface area contributed by atoms with Gasteiger partial charge < -0.3 is 19.7 Å². The van der Waals surface area contributed by atoms with Crippen molar-refractivity contribution in [3.8, 4) is 11.5 Å². The molecule has 202 valence electrons. The highest BCUT2D eigenvalue weighted by Crippen LogP contribution is 2.34. The molecule has 1 atom stereocenters. The van der Waals surface area contributed by atoms with E-state index in [-0.39, 0.29) is 24.1 Å². The van der Waals surface area contributed by atoms with Gasteiger partial charge in [0.1, 0.15) is 25.8 Å². The molecule has 1 N–H and O–H groups in total. The van der Waals surface area contributed by atoms with Gasteiger partial charge in [-0.1, -0.05) is 45.0 Å². The summed E-state index contributed by atoms with van der Waals surface area (Å²) in [5.74, 6) is 0.446. The number of anilines is 1. The van der Waals surface area contributed by atoms with Crippen molar-refractivity contribution < 1.29 is 27.5 Å². The Hall–Kier alpha value is -3.27. The molecular weight excluding hydrogens is 494 g/mol. The molecule has 2 aromatic rings. The number of hydrogen-bond acceptors (Lipinski definition) is 6. The van der Waals surface area contributed by atoms with Crippen molar-refractivity contribution in [2.24, 2.45) is 5.92 Å². The molecule has 0 spiro atoms. The molecule has 0 radical (unpaired) electrons. The van der Waals surface area contributed by atoms with Gasteiger partial charge in [0.2, 0.25) is 21.8 Å². The molecule has 1 aliphatic rings. The van der Waals surface area contributed by atoms with Gasteiger partial charge in [0.25, 0.3) is 0 Å². The van der Waals surface area contributed by atoms with Crippen LogP contribution in [0.25, 0.3) is 0 Å². The number of ether oxygens (including phenoxy) is 2. The van der Waals surface area contributed by atoms with Crippen molar-refractivity contribution >= 4 is 27.5 Å². The lowest BCUT2D eigenvalue weighted by Gasteiger charge is -2.33. The van der Waals surface area contributed by atoms with Crippen molar-refractivity contribution in [2.45, 2.75) is 46.7 Å². The number of benzene rings is 2. The Balaban J connectivity index is 1.95. The highest BCUT2D eigenvalue weighted by Gasteiger charge is 2.32. The predicted octanol–water partition coefficient (Wildman–Crippen LogP) is 3.11. The Bertz CT molecular complexity index is 1210. The fraction of sp³-hybridized carbons (Fsp3) is 0.481. The lowest BCUT2D eigenvalue weighted by Crippen LogP contribution is -2.52. The average Bonchev–Trinajstić information content (AvgIpc) is 2.85. The third-order valence-corrected chi connectivity index (χ3v) is 7.31. The van der Waals surface area contributed by atoms with Gasteiger partial charge in [0, 0.05) is 19.2 Å². The van der Waals surface area contributed by atoms with Crippen LogP contribution in [-0.2, 0) is 26.2 Å². The Morgan fingerprint density at radius 1 is 1.05 bits per heavy atom. The predicted molar refractivity (Wildman–Crippen MR) is 143 cm³/mol. The second-order valence-electron chi connectivity index (χ2n) is 9.61. The van der Waals surface area contributed by atoms with Crippen molar-refractivity contribution in [3.05, 3.63) is 53.6 Å². The van der Waals surface area contributed by atoms with E-state index in [1.54, 1.807) is 18.2 Å². The molecule has 9 nitrogen and oxygen atoms in total. The van der Waals surface area contributed by atoms with E-state index in [2.05, 4.69) is 5.32 Å². The third-order valence-electron chi connectivity index (χ3n) is 6.17. The minimum absolute atomic E-state index is 0.178. The number of nitrogens with zero attached hydrogens (tertiary/aromatic N) is 2. The first-order chi connectivity index (χ1) is 17.5. The van der Waals surface area contributed by atoms with E-state index >= 15 is 0 Å². The van der Waals surface area contributed by atoms with Crippen LogP contribution in [0.3, 0.4) is 0 Å². The summed E-state index contributed by atoms with van der Waals surface area (Å²) in [5.41, 5.74) is 2.15. The molecule has 2 amide bonds. The maximum absolute atomic E-state index is 13.8. The van der Waals surface area contributed by atoms with E-state index in [0.717, 1.165) is 21.7 Å². The van der Waals surface area contributed by atoms with Gasteiger partial charge in [-0.05, 0) is 42.5 Å². The van der Waals surface area contributed by atoms with Gasteiger partial charge >= 0.3 is 0 Å². The molecule has 1 aliphatic heterocycles. The Morgan fingerprint density at radius 2 is 1.73 bits per heavy atom. The van der Waals surface area contributed by atoms with Crippen LogP contribution in [-0.4, -0.2) is 63.7 Å². The average molecular weight is 532 g/mol. The Morgan fingerprint density at radius 3 is 2.35 bits per heavy atom. The van der Waals surface area contributed by atoms with Crippen molar-refractivity contribution in [2.75, 3.05) is 36.9 Å². The molecule has 0 aromatic heterocycles. The van der Waals surface area contributed by atoms with Gasteiger partial charge in [-0.3, -0.25) is 13.9 Å². The van der Waals surface area contributed by atoms with Crippen molar-refractivity contribution in [1.29, 1.82) is 0 Å². The molecule has 2 aromatic carbocycles. The minimum Gasteiger partial charge on any atom is -0.486 e. The number of hydrogen-bond donors (Lipinski definition) is 1. The smallest absolute Gasteiger partial charge is 0.244 e. The summed E-state index contributed by atoms with van der Waals surface area (Å²) in [7, 11) is -3.84. The zero-order valence-corrected chi connectivity index (χ0v) is 23.0. The summed E-state index contributed by atoms with van der Waals surface area (Å²) in [5, 5.41) is 2.92. The topological polar surface area (TPSA) is 105 Å². The van der Waals surface area contributed by atoms with E-state index in [1.807, 2.05) is 52.0 Å². The summed E-state index contributed by atoms with van der Waals surface area (Å²) >= 11 is 0. The minimum atomic E-state index is -3.84. The summed E-state index contributed by atoms with van der Waals surface area (Å²) < 4.78 is 37.8. The molecule has 0 saturated heterocycles. The van der Waals surface area contributed by atoms with E-state index < -0.39 is 28.5 Å². The first-order valence-electron chi connectivity index (χ1n) is 12.5. The Kier molecular flexibility index (Phi) is 9.42. The molecule has 0 bridgehead atoms. The molecule has 10 heteroatoms. The number of sulfonamides is 1. The zero-order chi connectivity index (χ0) is 27.2. The van der Waals surface area contributed by atoms with Crippen LogP contribution in [0.1, 0.15) is 38.3 Å². The summed E-state index contributed by atoms with van der Waals surface area (Å²) in [4.78, 5) is 28.4. The monoisotopic (exact) mass is 531 g/mol. The lowest BCUT2D eigenvalue weighted by atomic mass is 10.1. The SMILES string of the molecule is CCC(C(=O)NCC(C)C)N(Cc1ccccc1C)C(=O)CN(c1ccc2c(c1)OCCO2)S(C)(=O)=O. The number of amides is 2. The molecular formula is C27H37N3O6S. The molecule has 3 rings (SSSR count). The number of fused-ring (bicyclic) bond motifs is 1. The number of nitrogens with one attached hydrogen (secondary N) is 1. The van der Waals surface area contributed by atoms with Crippen LogP contribution in [0, 0.1) is 12.8 Å². The highest BCUT2D eigenvalue weighted by atomic mass is 32.2. The summed E-state index contributed by atoms with van der Waals surface area (Å²) in [6.45, 7) is 8.73. The lowest BCUT2D eigenvalue weighted by molar-refractivity contribution is -0.140. The second-order valence-corrected chi connectivity index (χ2v) is 11.5. The zero-order valence-electron chi connectivity index (χ0n) is 22.2. The van der Waals surface area contributed by atoms with Gasteiger partial charge in [-0.2, -0.15) is 0 Å². The number of aryl methyl sites for hydroxylation is 1. The van der Waals surface area contributed by atoms with Crippen molar-refractivity contribution in [1.82, 2.24) is 10.2 Å². The summed E-state index contributed by atoms with van der Waals surface area (Å²) in [6.07, 6.45) is 1.43. The first kappa shape index (κ1) is 28.3. The van der Waals surface area contributed by atoms with Crippen LogP contribution in [0.15, 0.2) is 42.5 Å². The highest BCUT2D eigenvalue weighted by molar-refractivity contribution is 7.92. The fourth-order valence-electron chi connectivity index (χ4n) is 4.11. The first-order valence-corrected chi connectivity index (χ1v) is 14.3. The van der Waals surface area contributed by atoms with E-state index in [1.165, 1.54) is 4.90 Å². The second kappa shape index (κ2) is 12.3. The largest absolute Gasteiger partial charge is 0.486 e. The quantitative estimate of drug-likeness (QED) is 0.478. The van der Waals surface area contributed by atoms with Crippen molar-refractivity contribution in [3.63, 3.8) is 0 Å². The van der Waals surface area contributed by atoms with Gasteiger partial charge in [0.05, 0.1) is 11.9 Å². The molecule has 1 unspecified atom stereocenters. The fourth-order valence-corrected chi connectivity index (χ4v) is 4.96. The van der Waals surface area contributed by atoms with Crippen LogP contribution >= 0.6 is 0 Å². The van der Waals surface area contributed by atoms with Gasteiger partial charge in [0.15, 0.2) is 11.5 Å². The number of carbonyl (C=O) groups is 2. The maximum atomic E-state index is 13.8.